The zero-order valence-electron chi connectivity index (χ0n) is 11.2. The summed E-state index contributed by atoms with van der Waals surface area (Å²) in [5.41, 5.74) is 0.0974. The molecular formula is C16H13NO3S. The number of thiazole rings is 1. The van der Waals surface area contributed by atoms with Gasteiger partial charge >= 0.3 is 5.97 Å². The molecule has 3 aromatic rings. The SMILES string of the molecule is O=C(O)c1csc(CCOc2cccc3ccccc23)n1. The first-order valence-corrected chi connectivity index (χ1v) is 7.40. The smallest absolute Gasteiger partial charge is 0.355 e. The Morgan fingerprint density at radius 3 is 2.81 bits per heavy atom. The summed E-state index contributed by atoms with van der Waals surface area (Å²) in [6, 6.07) is 14.0. The maximum absolute atomic E-state index is 10.8. The predicted octanol–water partition coefficient (Wildman–Crippen LogP) is 3.62. The topological polar surface area (TPSA) is 59.4 Å². The number of fused-ring (bicyclic) bond motifs is 1. The molecular weight excluding hydrogens is 286 g/mol. The van der Waals surface area contributed by atoms with Crippen molar-refractivity contribution in [2.75, 3.05) is 6.61 Å². The highest BCUT2D eigenvalue weighted by molar-refractivity contribution is 7.09. The van der Waals surface area contributed by atoms with Gasteiger partial charge in [0.05, 0.1) is 11.6 Å². The van der Waals surface area contributed by atoms with E-state index in [1.54, 1.807) is 5.38 Å². The molecule has 0 fully saturated rings. The molecule has 1 N–H and O–H groups in total. The van der Waals surface area contributed by atoms with E-state index >= 15 is 0 Å². The quantitative estimate of drug-likeness (QED) is 0.781. The molecule has 0 amide bonds. The lowest BCUT2D eigenvalue weighted by Crippen LogP contribution is -2.02. The van der Waals surface area contributed by atoms with Gasteiger partial charge in [-0.3, -0.25) is 0 Å². The van der Waals surface area contributed by atoms with E-state index in [2.05, 4.69) is 4.98 Å². The van der Waals surface area contributed by atoms with Crippen molar-refractivity contribution >= 4 is 28.1 Å². The van der Waals surface area contributed by atoms with Crippen molar-refractivity contribution in [2.24, 2.45) is 0 Å². The maximum Gasteiger partial charge on any atom is 0.355 e. The lowest BCUT2D eigenvalue weighted by Gasteiger charge is -2.08. The molecule has 0 radical (unpaired) electrons. The van der Waals surface area contributed by atoms with Crippen LogP contribution >= 0.6 is 11.3 Å². The number of aromatic nitrogens is 1. The first kappa shape index (κ1) is 13.6. The van der Waals surface area contributed by atoms with Gasteiger partial charge in [0.2, 0.25) is 0 Å². The summed E-state index contributed by atoms with van der Waals surface area (Å²) in [5.74, 6) is -0.157. The number of benzene rings is 2. The fraction of sp³-hybridized carbons (Fsp3) is 0.125. The Labute approximate surface area is 125 Å². The van der Waals surface area contributed by atoms with Gasteiger partial charge in [-0.1, -0.05) is 36.4 Å². The number of hydrogen-bond donors (Lipinski definition) is 1. The second-order valence-electron chi connectivity index (χ2n) is 4.51. The molecule has 0 saturated heterocycles. The molecule has 4 nitrogen and oxygen atoms in total. The first-order chi connectivity index (χ1) is 10.2. The van der Waals surface area contributed by atoms with Crippen LogP contribution in [-0.4, -0.2) is 22.7 Å². The van der Waals surface area contributed by atoms with Crippen molar-refractivity contribution in [3.63, 3.8) is 0 Å². The molecule has 5 heteroatoms. The summed E-state index contributed by atoms with van der Waals surface area (Å²) < 4.78 is 5.81. The highest BCUT2D eigenvalue weighted by atomic mass is 32.1. The number of carbonyl (C=O) groups is 1. The summed E-state index contributed by atoms with van der Waals surface area (Å²) >= 11 is 1.34. The van der Waals surface area contributed by atoms with Crippen molar-refractivity contribution in [3.8, 4) is 5.75 Å². The lowest BCUT2D eigenvalue weighted by atomic mass is 10.1. The minimum Gasteiger partial charge on any atom is -0.493 e. The van der Waals surface area contributed by atoms with E-state index in [0.29, 0.717) is 13.0 Å². The maximum atomic E-state index is 10.8. The van der Waals surface area contributed by atoms with Crippen molar-refractivity contribution < 1.29 is 14.6 Å². The summed E-state index contributed by atoms with van der Waals surface area (Å²) in [4.78, 5) is 14.8. The van der Waals surface area contributed by atoms with E-state index < -0.39 is 5.97 Å². The highest BCUT2D eigenvalue weighted by Crippen LogP contribution is 2.25. The molecule has 0 aliphatic carbocycles. The lowest BCUT2D eigenvalue weighted by molar-refractivity contribution is 0.0691. The largest absolute Gasteiger partial charge is 0.493 e. The molecule has 0 aliphatic rings. The van der Waals surface area contributed by atoms with Crippen LogP contribution in [0.3, 0.4) is 0 Å². The van der Waals surface area contributed by atoms with Gasteiger partial charge in [-0.2, -0.15) is 0 Å². The van der Waals surface area contributed by atoms with E-state index in [1.165, 1.54) is 11.3 Å². The Hall–Kier alpha value is -2.40. The molecule has 1 heterocycles. The molecule has 0 atom stereocenters. The highest BCUT2D eigenvalue weighted by Gasteiger charge is 2.08. The molecule has 0 aliphatic heterocycles. The monoisotopic (exact) mass is 299 g/mol. The minimum absolute atomic E-state index is 0.0974. The summed E-state index contributed by atoms with van der Waals surface area (Å²) in [7, 11) is 0. The molecule has 0 bridgehead atoms. The van der Waals surface area contributed by atoms with E-state index in [4.69, 9.17) is 9.84 Å². The molecule has 2 aromatic carbocycles. The van der Waals surface area contributed by atoms with Crippen molar-refractivity contribution in [2.45, 2.75) is 6.42 Å². The van der Waals surface area contributed by atoms with E-state index in [1.807, 2.05) is 42.5 Å². The van der Waals surface area contributed by atoms with Gasteiger partial charge in [0.15, 0.2) is 5.69 Å². The van der Waals surface area contributed by atoms with E-state index in [-0.39, 0.29) is 5.69 Å². The number of aromatic carboxylic acids is 1. The van der Waals surface area contributed by atoms with Crippen molar-refractivity contribution in [3.05, 3.63) is 58.5 Å². The Bertz CT molecular complexity index is 777. The summed E-state index contributed by atoms with van der Waals surface area (Å²) in [6.07, 6.45) is 0.598. The van der Waals surface area contributed by atoms with Gasteiger partial charge in [0, 0.05) is 17.2 Å². The Kier molecular flexibility index (Phi) is 3.83. The number of carboxylic acids is 1. The Morgan fingerprint density at radius 1 is 1.19 bits per heavy atom. The standard InChI is InChI=1S/C16H13NO3S/c18-16(19)13-10-21-15(17-13)8-9-20-14-7-3-5-11-4-1-2-6-12(11)14/h1-7,10H,8-9H2,(H,18,19). The zero-order valence-corrected chi connectivity index (χ0v) is 12.0. The fourth-order valence-electron chi connectivity index (χ4n) is 2.09. The fourth-order valence-corrected chi connectivity index (χ4v) is 2.85. The summed E-state index contributed by atoms with van der Waals surface area (Å²) in [5, 5.41) is 13.4. The van der Waals surface area contributed by atoms with Crippen molar-refractivity contribution in [1.29, 1.82) is 0 Å². The molecule has 0 unspecified atom stereocenters. The van der Waals surface area contributed by atoms with E-state index in [0.717, 1.165) is 21.5 Å². The molecule has 1 aromatic heterocycles. The number of hydrogen-bond acceptors (Lipinski definition) is 4. The Morgan fingerprint density at radius 2 is 2.00 bits per heavy atom. The molecule has 21 heavy (non-hydrogen) atoms. The average molecular weight is 299 g/mol. The van der Waals surface area contributed by atoms with Gasteiger partial charge in [-0.05, 0) is 11.5 Å². The van der Waals surface area contributed by atoms with Crippen LogP contribution in [0.5, 0.6) is 5.75 Å². The third-order valence-corrected chi connectivity index (χ3v) is 4.00. The van der Waals surface area contributed by atoms with Gasteiger partial charge in [-0.15, -0.1) is 11.3 Å². The van der Waals surface area contributed by atoms with Crippen LogP contribution in [0.15, 0.2) is 47.8 Å². The second-order valence-corrected chi connectivity index (χ2v) is 5.45. The third-order valence-electron chi connectivity index (χ3n) is 3.09. The first-order valence-electron chi connectivity index (χ1n) is 6.52. The second kappa shape index (κ2) is 5.93. The predicted molar refractivity (Wildman–Crippen MR) is 82.2 cm³/mol. The number of carboxylic acid groups (broad SMARTS) is 1. The average Bonchev–Trinajstić information content (AvgIpc) is 2.97. The van der Waals surface area contributed by atoms with Crippen LogP contribution in [0.1, 0.15) is 15.5 Å². The zero-order chi connectivity index (χ0) is 14.7. The molecule has 0 spiro atoms. The Balaban J connectivity index is 1.68. The van der Waals surface area contributed by atoms with Crippen LogP contribution in [0.2, 0.25) is 0 Å². The molecule has 3 rings (SSSR count). The number of ether oxygens (including phenoxy) is 1. The van der Waals surface area contributed by atoms with Crippen LogP contribution in [0.4, 0.5) is 0 Å². The molecule has 106 valence electrons. The van der Waals surface area contributed by atoms with E-state index in [9.17, 15) is 4.79 Å². The number of rotatable bonds is 5. The van der Waals surface area contributed by atoms with Crippen LogP contribution in [0, 0.1) is 0 Å². The normalized spacial score (nSPS) is 10.7. The van der Waals surface area contributed by atoms with Crippen LogP contribution < -0.4 is 4.74 Å². The van der Waals surface area contributed by atoms with Crippen LogP contribution in [0.25, 0.3) is 10.8 Å². The summed E-state index contributed by atoms with van der Waals surface area (Å²) in [6.45, 7) is 0.473. The minimum atomic E-state index is -0.993. The molecule has 0 saturated carbocycles. The van der Waals surface area contributed by atoms with Gasteiger partial charge in [-0.25, -0.2) is 9.78 Å². The van der Waals surface area contributed by atoms with Gasteiger partial charge in [0.1, 0.15) is 5.75 Å². The van der Waals surface area contributed by atoms with Gasteiger partial charge < -0.3 is 9.84 Å². The third kappa shape index (κ3) is 3.03. The van der Waals surface area contributed by atoms with Gasteiger partial charge in [0.25, 0.3) is 0 Å². The van der Waals surface area contributed by atoms with Crippen LogP contribution in [-0.2, 0) is 6.42 Å². The number of nitrogens with zero attached hydrogens (tertiary/aromatic N) is 1. The van der Waals surface area contributed by atoms with Crippen molar-refractivity contribution in [1.82, 2.24) is 4.98 Å².